The molecule has 0 radical (unpaired) electrons. The normalized spacial score (nSPS) is 12.2. The summed E-state index contributed by atoms with van der Waals surface area (Å²) >= 11 is 0. The number of benzene rings is 1. The van der Waals surface area contributed by atoms with Gasteiger partial charge in [0.1, 0.15) is 0 Å². The van der Waals surface area contributed by atoms with Gasteiger partial charge >= 0.3 is 11.8 Å². The Kier molecular flexibility index (Phi) is 6.45. The molecule has 0 bridgehead atoms. The maximum absolute atomic E-state index is 12.4. The van der Waals surface area contributed by atoms with E-state index < -0.39 is 41.4 Å². The minimum atomic E-state index is -4.80. The van der Waals surface area contributed by atoms with Crippen molar-refractivity contribution >= 4 is 25.9 Å². The van der Waals surface area contributed by atoms with Gasteiger partial charge in [0.25, 0.3) is 10.0 Å². The molecule has 23 heavy (non-hydrogen) atoms. The highest BCUT2D eigenvalue weighted by Crippen LogP contribution is 2.20. The van der Waals surface area contributed by atoms with Crippen molar-refractivity contribution in [3.05, 3.63) is 24.3 Å². The topological polar surface area (TPSA) is 109 Å². The van der Waals surface area contributed by atoms with E-state index >= 15 is 0 Å². The summed E-state index contributed by atoms with van der Waals surface area (Å²) in [7, 11) is -9.03. The lowest BCUT2D eigenvalue weighted by Gasteiger charge is -2.09. The van der Waals surface area contributed by atoms with Gasteiger partial charge in [-0.25, -0.2) is 26.4 Å². The van der Waals surface area contributed by atoms with Gasteiger partial charge in [-0.2, -0.15) is 8.78 Å². The van der Waals surface area contributed by atoms with E-state index in [2.05, 4.69) is 5.32 Å². The zero-order valence-electron chi connectivity index (χ0n) is 12.1. The van der Waals surface area contributed by atoms with Gasteiger partial charge in [-0.3, -0.25) is 0 Å². The maximum Gasteiger partial charge on any atom is 0.341 e. The molecule has 0 aliphatic heterocycles. The number of halogens is 2. The molecule has 1 aromatic rings. The Morgan fingerprint density at radius 2 is 1.61 bits per heavy atom. The van der Waals surface area contributed by atoms with E-state index in [1.807, 2.05) is 6.92 Å². The molecule has 0 unspecified atom stereocenters. The maximum atomic E-state index is 12.4. The number of hydrogen-bond donors (Lipinski definition) is 2. The van der Waals surface area contributed by atoms with Crippen molar-refractivity contribution in [2.75, 3.05) is 6.54 Å². The number of nitrogens with one attached hydrogen (secondary N) is 2. The van der Waals surface area contributed by atoms with Crippen molar-refractivity contribution in [3.63, 3.8) is 0 Å². The Morgan fingerprint density at radius 3 is 2.09 bits per heavy atom. The highest BCUT2D eigenvalue weighted by atomic mass is 32.2. The Balaban J connectivity index is 2.88. The van der Waals surface area contributed by atoms with Crippen LogP contribution in [0.4, 0.5) is 13.6 Å². The summed E-state index contributed by atoms with van der Waals surface area (Å²) in [6.45, 7) is 2.19. The number of carbonyl (C=O) groups is 1. The van der Waals surface area contributed by atoms with Crippen LogP contribution in [0.1, 0.15) is 19.8 Å². The van der Waals surface area contributed by atoms with E-state index in [0.29, 0.717) is 13.0 Å². The fraction of sp³-hybridized carbons (Fsp3) is 0.417. The SMILES string of the molecule is CCCCNC(=O)NS(=O)(=O)c1ccc(S(=O)(=O)C(F)F)cc1. The summed E-state index contributed by atoms with van der Waals surface area (Å²) in [5.74, 6) is -3.60. The lowest BCUT2D eigenvalue weighted by molar-refractivity contribution is 0.234. The van der Waals surface area contributed by atoms with Crippen molar-refractivity contribution in [1.82, 2.24) is 10.0 Å². The van der Waals surface area contributed by atoms with Crippen LogP contribution >= 0.6 is 0 Å². The third kappa shape index (κ3) is 5.13. The summed E-state index contributed by atoms with van der Waals surface area (Å²) in [6, 6.07) is 2.21. The fourth-order valence-electron chi connectivity index (χ4n) is 1.51. The molecule has 0 saturated carbocycles. The molecular formula is C12H16F2N2O5S2. The van der Waals surface area contributed by atoms with E-state index in [4.69, 9.17) is 0 Å². The first kappa shape index (κ1) is 19.3. The predicted octanol–water partition coefficient (Wildman–Crippen LogP) is 1.47. The fourth-order valence-corrected chi connectivity index (χ4v) is 3.16. The molecule has 1 rings (SSSR count). The van der Waals surface area contributed by atoms with Gasteiger partial charge in [-0.05, 0) is 30.7 Å². The molecule has 0 heterocycles. The second kappa shape index (κ2) is 7.68. The summed E-state index contributed by atoms with van der Waals surface area (Å²) < 4.78 is 72.8. The highest BCUT2D eigenvalue weighted by molar-refractivity contribution is 7.91. The third-order valence-electron chi connectivity index (χ3n) is 2.74. The molecule has 1 aromatic carbocycles. The molecular weight excluding hydrogens is 354 g/mol. The minimum absolute atomic E-state index is 0.295. The lowest BCUT2D eigenvalue weighted by atomic mass is 10.3. The first-order valence-electron chi connectivity index (χ1n) is 6.54. The number of hydrogen-bond acceptors (Lipinski definition) is 5. The number of unbranched alkanes of at least 4 members (excludes halogenated alkanes) is 1. The van der Waals surface area contributed by atoms with Gasteiger partial charge in [0, 0.05) is 6.54 Å². The lowest BCUT2D eigenvalue weighted by Crippen LogP contribution is -2.39. The smallest absolute Gasteiger partial charge is 0.337 e. The molecule has 130 valence electrons. The molecule has 7 nitrogen and oxygen atoms in total. The average molecular weight is 370 g/mol. The van der Waals surface area contributed by atoms with E-state index in [9.17, 15) is 30.4 Å². The molecule has 0 aliphatic rings. The molecule has 2 N–H and O–H groups in total. The Bertz CT molecular complexity index is 746. The summed E-state index contributed by atoms with van der Waals surface area (Å²) in [4.78, 5) is 10.3. The Labute approximate surface area is 133 Å². The highest BCUT2D eigenvalue weighted by Gasteiger charge is 2.27. The second-order valence-corrected chi connectivity index (χ2v) is 8.09. The van der Waals surface area contributed by atoms with Gasteiger partial charge in [0.05, 0.1) is 9.79 Å². The monoisotopic (exact) mass is 370 g/mol. The number of sulfone groups is 1. The van der Waals surface area contributed by atoms with Crippen LogP contribution in [0.5, 0.6) is 0 Å². The van der Waals surface area contributed by atoms with Crippen LogP contribution < -0.4 is 10.0 Å². The van der Waals surface area contributed by atoms with Crippen LogP contribution in [0.2, 0.25) is 0 Å². The molecule has 11 heteroatoms. The van der Waals surface area contributed by atoms with Gasteiger partial charge in [-0.15, -0.1) is 0 Å². The van der Waals surface area contributed by atoms with Crippen LogP contribution in [0.25, 0.3) is 0 Å². The standard InChI is InChI=1S/C12H16F2N2O5S2/c1-2-3-8-15-12(17)16-23(20,21)10-6-4-9(5-7-10)22(18,19)11(13)14/h4-7,11H,2-3,8H2,1H3,(H2,15,16,17). The number of rotatable bonds is 7. The number of carbonyl (C=O) groups excluding carboxylic acids is 1. The van der Waals surface area contributed by atoms with Crippen molar-refractivity contribution in [2.45, 2.75) is 35.3 Å². The summed E-state index contributed by atoms with van der Waals surface area (Å²) in [5, 5.41) is 2.34. The quantitative estimate of drug-likeness (QED) is 0.707. The Morgan fingerprint density at radius 1 is 1.09 bits per heavy atom. The number of amides is 2. The first-order valence-corrected chi connectivity index (χ1v) is 9.57. The summed E-state index contributed by atoms with van der Waals surface area (Å²) in [6.07, 6.45) is 1.49. The Hall–Kier alpha value is -1.75. The number of sulfonamides is 1. The zero-order chi connectivity index (χ0) is 17.7. The number of alkyl halides is 2. The van der Waals surface area contributed by atoms with Crippen LogP contribution in [0.3, 0.4) is 0 Å². The molecule has 0 atom stereocenters. The molecule has 0 fully saturated rings. The predicted molar refractivity (Wildman–Crippen MR) is 78.3 cm³/mol. The minimum Gasteiger partial charge on any atom is -0.337 e. The van der Waals surface area contributed by atoms with Gasteiger partial charge in [0.2, 0.25) is 9.84 Å². The molecule has 2 amide bonds. The molecule has 0 aliphatic carbocycles. The third-order valence-corrected chi connectivity index (χ3v) is 5.49. The van der Waals surface area contributed by atoms with Crippen LogP contribution in [0, 0.1) is 0 Å². The summed E-state index contributed by atoms with van der Waals surface area (Å²) in [5.41, 5.74) is 0. The van der Waals surface area contributed by atoms with Crippen molar-refractivity contribution < 1.29 is 30.4 Å². The van der Waals surface area contributed by atoms with E-state index in [-0.39, 0.29) is 0 Å². The van der Waals surface area contributed by atoms with E-state index in [1.54, 1.807) is 4.72 Å². The largest absolute Gasteiger partial charge is 0.341 e. The van der Waals surface area contributed by atoms with Gasteiger partial charge < -0.3 is 5.32 Å². The van der Waals surface area contributed by atoms with Gasteiger partial charge in [0.15, 0.2) is 0 Å². The first-order chi connectivity index (χ1) is 10.6. The van der Waals surface area contributed by atoms with Crippen LogP contribution in [0.15, 0.2) is 34.1 Å². The van der Waals surface area contributed by atoms with E-state index in [1.165, 1.54) is 0 Å². The van der Waals surface area contributed by atoms with Crippen LogP contribution in [-0.2, 0) is 19.9 Å². The zero-order valence-corrected chi connectivity index (χ0v) is 13.8. The van der Waals surface area contributed by atoms with Crippen LogP contribution in [-0.4, -0.2) is 35.2 Å². The molecule has 0 spiro atoms. The van der Waals surface area contributed by atoms with Crippen molar-refractivity contribution in [3.8, 4) is 0 Å². The number of urea groups is 1. The molecule has 0 aromatic heterocycles. The average Bonchev–Trinajstić information content (AvgIpc) is 2.47. The van der Waals surface area contributed by atoms with Crippen molar-refractivity contribution in [2.24, 2.45) is 0 Å². The second-order valence-electron chi connectivity index (χ2n) is 4.49. The van der Waals surface area contributed by atoms with E-state index in [0.717, 1.165) is 30.7 Å². The molecule has 0 saturated heterocycles. The van der Waals surface area contributed by atoms with Gasteiger partial charge in [-0.1, -0.05) is 13.3 Å². The van der Waals surface area contributed by atoms with Crippen molar-refractivity contribution in [1.29, 1.82) is 0 Å².